The van der Waals surface area contributed by atoms with Crippen molar-refractivity contribution in [3.05, 3.63) is 102 Å². The number of nitrogens with one attached hydrogen (secondary N) is 1. The third-order valence-electron chi connectivity index (χ3n) is 4.52. The number of rotatable bonds is 4. The van der Waals surface area contributed by atoms with Crippen LogP contribution in [-0.2, 0) is 11.2 Å². The van der Waals surface area contributed by atoms with Gasteiger partial charge in [0, 0.05) is 0 Å². The van der Waals surface area contributed by atoms with E-state index in [-0.39, 0.29) is 6.04 Å². The molecular weight excluding hydrogens is 340 g/mol. The van der Waals surface area contributed by atoms with Crippen molar-refractivity contribution in [2.24, 2.45) is 0 Å². The highest BCUT2D eigenvalue weighted by Crippen LogP contribution is 2.35. The van der Waals surface area contributed by atoms with Crippen LogP contribution in [0.5, 0.6) is 0 Å². The monoisotopic (exact) mass is 360 g/mol. The van der Waals surface area contributed by atoms with E-state index in [1.54, 1.807) is 6.26 Å². The molecular formula is C22H20N2OS. The van der Waals surface area contributed by atoms with Gasteiger partial charge < -0.3 is 4.55 Å². The molecule has 0 saturated carbocycles. The molecule has 1 aliphatic rings. The molecule has 4 heteroatoms. The zero-order chi connectivity index (χ0) is 17.9. The molecule has 1 N–H and O–H groups in total. The molecule has 0 saturated heterocycles. The van der Waals surface area contributed by atoms with E-state index >= 15 is 0 Å². The lowest BCUT2D eigenvalue weighted by Crippen LogP contribution is -2.33. The van der Waals surface area contributed by atoms with Crippen LogP contribution in [0.3, 0.4) is 0 Å². The van der Waals surface area contributed by atoms with Gasteiger partial charge in [-0.3, -0.25) is 10.4 Å². The summed E-state index contributed by atoms with van der Waals surface area (Å²) in [6, 6.07) is 28.7. The van der Waals surface area contributed by atoms with Gasteiger partial charge in [0.1, 0.15) is 6.26 Å². The first-order valence-corrected chi connectivity index (χ1v) is 10.1. The average molecular weight is 360 g/mol. The molecule has 2 atom stereocenters. The Morgan fingerprint density at radius 3 is 2.08 bits per heavy atom. The quantitative estimate of drug-likeness (QED) is 0.695. The molecule has 0 spiro atoms. The van der Waals surface area contributed by atoms with E-state index in [0.717, 1.165) is 27.4 Å². The van der Waals surface area contributed by atoms with Gasteiger partial charge in [0.25, 0.3) is 0 Å². The maximum absolute atomic E-state index is 11.7. The van der Waals surface area contributed by atoms with Crippen molar-refractivity contribution in [2.75, 3.05) is 11.3 Å². The second-order valence-electron chi connectivity index (χ2n) is 6.23. The van der Waals surface area contributed by atoms with Gasteiger partial charge in [0.05, 0.1) is 17.4 Å². The molecule has 0 radical (unpaired) electrons. The highest BCUT2D eigenvalue weighted by atomic mass is 32.2. The summed E-state index contributed by atoms with van der Waals surface area (Å²) in [5, 5.41) is 2.17. The molecule has 1 heterocycles. The summed E-state index contributed by atoms with van der Waals surface area (Å²) in [7, 11) is 0. The normalized spacial score (nSPS) is 17.5. The maximum atomic E-state index is 11.7. The van der Waals surface area contributed by atoms with Crippen molar-refractivity contribution in [1.82, 2.24) is 5.43 Å². The SMILES string of the molecule is C[S+]([O-])c1ccc(C2C=C(c3ccccc3)NN2c2ccccc2)cc1. The molecule has 2 unspecified atom stereocenters. The lowest BCUT2D eigenvalue weighted by molar-refractivity contribution is 0.600. The summed E-state index contributed by atoms with van der Waals surface area (Å²) in [5.41, 5.74) is 8.04. The second-order valence-corrected chi connectivity index (χ2v) is 7.61. The van der Waals surface area contributed by atoms with Crippen LogP contribution in [0, 0.1) is 0 Å². The van der Waals surface area contributed by atoms with E-state index in [0.29, 0.717) is 0 Å². The van der Waals surface area contributed by atoms with Gasteiger partial charge in [0.15, 0.2) is 4.90 Å². The molecule has 0 fully saturated rings. The Hall–Kier alpha value is -2.69. The molecule has 0 amide bonds. The van der Waals surface area contributed by atoms with Gasteiger partial charge in [-0.2, -0.15) is 0 Å². The maximum Gasteiger partial charge on any atom is 0.152 e. The summed E-state index contributed by atoms with van der Waals surface area (Å²) in [6.07, 6.45) is 3.94. The molecule has 0 bridgehead atoms. The number of hydrogen-bond acceptors (Lipinski definition) is 3. The predicted molar refractivity (Wildman–Crippen MR) is 108 cm³/mol. The standard InChI is InChI=1S/C22H20N2OS/c1-26(25)20-14-12-18(13-15-20)22-16-21(17-8-4-2-5-9-17)23-24(22)19-10-6-3-7-11-19/h2-16,22-23H,1H3. The first-order valence-electron chi connectivity index (χ1n) is 8.54. The Morgan fingerprint density at radius 1 is 0.846 bits per heavy atom. The topological polar surface area (TPSA) is 38.3 Å². The molecule has 3 nitrogen and oxygen atoms in total. The largest absolute Gasteiger partial charge is 0.612 e. The second kappa shape index (κ2) is 7.28. The minimum atomic E-state index is -0.965. The zero-order valence-electron chi connectivity index (χ0n) is 14.5. The van der Waals surface area contributed by atoms with E-state index < -0.39 is 11.2 Å². The minimum Gasteiger partial charge on any atom is -0.612 e. The number of para-hydroxylation sites is 1. The molecule has 26 heavy (non-hydrogen) atoms. The number of nitrogens with zero attached hydrogens (tertiary/aromatic N) is 1. The Morgan fingerprint density at radius 2 is 1.46 bits per heavy atom. The van der Waals surface area contributed by atoms with Gasteiger partial charge in [-0.15, -0.1) is 0 Å². The van der Waals surface area contributed by atoms with E-state index in [9.17, 15) is 4.55 Å². The molecule has 4 rings (SSSR count). The van der Waals surface area contributed by atoms with E-state index in [1.165, 1.54) is 0 Å². The van der Waals surface area contributed by atoms with Gasteiger partial charge in [-0.25, -0.2) is 0 Å². The van der Waals surface area contributed by atoms with Gasteiger partial charge >= 0.3 is 0 Å². The Kier molecular flexibility index (Phi) is 4.69. The predicted octanol–water partition coefficient (Wildman–Crippen LogP) is 4.53. The van der Waals surface area contributed by atoms with Crippen LogP contribution < -0.4 is 10.4 Å². The zero-order valence-corrected chi connectivity index (χ0v) is 15.3. The van der Waals surface area contributed by atoms with E-state index in [1.807, 2.05) is 48.5 Å². The fourth-order valence-corrected chi connectivity index (χ4v) is 3.68. The number of benzene rings is 3. The van der Waals surface area contributed by atoms with Crippen molar-refractivity contribution in [3.63, 3.8) is 0 Å². The highest BCUT2D eigenvalue weighted by Gasteiger charge is 2.27. The summed E-state index contributed by atoms with van der Waals surface area (Å²) in [6.45, 7) is 0. The van der Waals surface area contributed by atoms with Crippen LogP contribution in [0.25, 0.3) is 5.70 Å². The van der Waals surface area contributed by atoms with Crippen molar-refractivity contribution < 1.29 is 4.55 Å². The fraction of sp³-hybridized carbons (Fsp3) is 0.0909. The van der Waals surface area contributed by atoms with Crippen molar-refractivity contribution in [3.8, 4) is 0 Å². The van der Waals surface area contributed by atoms with Crippen molar-refractivity contribution in [2.45, 2.75) is 10.9 Å². The van der Waals surface area contributed by atoms with Crippen LogP contribution in [0.4, 0.5) is 5.69 Å². The molecule has 3 aromatic rings. The summed E-state index contributed by atoms with van der Waals surface area (Å²) in [5.74, 6) is 0. The first kappa shape index (κ1) is 16.8. The van der Waals surface area contributed by atoms with Crippen molar-refractivity contribution >= 4 is 22.6 Å². The van der Waals surface area contributed by atoms with Crippen LogP contribution in [-0.4, -0.2) is 10.8 Å². The summed E-state index contributed by atoms with van der Waals surface area (Å²) >= 11 is -0.965. The number of anilines is 1. The van der Waals surface area contributed by atoms with Crippen LogP contribution in [0.1, 0.15) is 17.2 Å². The Balaban J connectivity index is 1.72. The van der Waals surface area contributed by atoms with Crippen LogP contribution in [0.15, 0.2) is 95.9 Å². The third-order valence-corrected chi connectivity index (χ3v) is 5.45. The Bertz CT molecular complexity index is 892. The lowest BCUT2D eigenvalue weighted by Gasteiger charge is -2.27. The molecule has 0 aromatic heterocycles. The average Bonchev–Trinajstić information content (AvgIpc) is 3.15. The van der Waals surface area contributed by atoms with Gasteiger partial charge in [-0.05, 0) is 52.6 Å². The van der Waals surface area contributed by atoms with Crippen LogP contribution in [0.2, 0.25) is 0 Å². The highest BCUT2D eigenvalue weighted by molar-refractivity contribution is 7.90. The molecule has 0 aliphatic carbocycles. The Labute approximate surface area is 157 Å². The van der Waals surface area contributed by atoms with Gasteiger partial charge in [-0.1, -0.05) is 60.7 Å². The van der Waals surface area contributed by atoms with Crippen LogP contribution >= 0.6 is 0 Å². The summed E-state index contributed by atoms with van der Waals surface area (Å²) in [4.78, 5) is 0.846. The number of hydrogen-bond donors (Lipinski definition) is 1. The summed E-state index contributed by atoms with van der Waals surface area (Å²) < 4.78 is 11.7. The smallest absolute Gasteiger partial charge is 0.152 e. The minimum absolute atomic E-state index is 0.0620. The van der Waals surface area contributed by atoms with Crippen molar-refractivity contribution in [1.29, 1.82) is 0 Å². The molecule has 130 valence electrons. The van der Waals surface area contributed by atoms with Gasteiger partial charge in [0.2, 0.25) is 0 Å². The lowest BCUT2D eigenvalue weighted by atomic mass is 10.0. The molecule has 1 aliphatic heterocycles. The first-order chi connectivity index (χ1) is 12.7. The third kappa shape index (κ3) is 3.34. The van der Waals surface area contributed by atoms with E-state index in [4.69, 9.17) is 0 Å². The fourth-order valence-electron chi connectivity index (χ4n) is 3.16. The van der Waals surface area contributed by atoms with E-state index in [2.05, 4.69) is 52.9 Å². The number of hydrazine groups is 1. The molecule has 3 aromatic carbocycles.